The Labute approximate surface area is 116 Å². The van der Waals surface area contributed by atoms with Gasteiger partial charge >= 0.3 is 6.09 Å². The highest BCUT2D eigenvalue weighted by Crippen LogP contribution is 2.21. The molecule has 1 heterocycles. The van der Waals surface area contributed by atoms with Crippen LogP contribution in [0.2, 0.25) is 0 Å². The van der Waals surface area contributed by atoms with Crippen LogP contribution in [0, 0.1) is 0 Å². The Kier molecular flexibility index (Phi) is 4.41. The molecule has 1 N–H and O–H groups in total. The number of anilines is 1. The van der Waals surface area contributed by atoms with Gasteiger partial charge < -0.3 is 4.74 Å². The van der Waals surface area contributed by atoms with Crippen molar-refractivity contribution in [1.29, 1.82) is 0 Å². The number of rotatable bonds is 4. The number of benzene rings is 1. The molecule has 0 saturated carbocycles. The number of halogens is 1. The average molecular weight is 280 g/mol. The van der Waals surface area contributed by atoms with Crippen molar-refractivity contribution in [3.05, 3.63) is 42.2 Å². The Morgan fingerprint density at radius 2 is 2.37 bits per heavy atom. The predicted molar refractivity (Wildman–Crippen MR) is 73.8 cm³/mol. The Morgan fingerprint density at radius 3 is 3.00 bits per heavy atom. The highest BCUT2D eigenvalue weighted by Gasteiger charge is 2.08. The first kappa shape index (κ1) is 13.4. The fraction of sp³-hybridized carbons (Fsp3) is 0.231. The lowest BCUT2D eigenvalue weighted by molar-refractivity contribution is 0.168. The topological polar surface area (TPSA) is 56.1 Å². The van der Waals surface area contributed by atoms with Crippen LogP contribution in [0.1, 0.15) is 12.5 Å². The minimum Gasteiger partial charge on any atom is -0.450 e. The molecule has 0 bridgehead atoms. The molecule has 5 nitrogen and oxygen atoms in total. The van der Waals surface area contributed by atoms with Gasteiger partial charge in [0, 0.05) is 24.0 Å². The van der Waals surface area contributed by atoms with Crippen molar-refractivity contribution in [2.24, 2.45) is 0 Å². The molecule has 0 fully saturated rings. The third-order valence-corrected chi connectivity index (χ3v) is 2.80. The van der Waals surface area contributed by atoms with Crippen LogP contribution in [-0.2, 0) is 10.6 Å². The molecule has 1 aromatic carbocycles. The van der Waals surface area contributed by atoms with Crippen molar-refractivity contribution in [3.63, 3.8) is 0 Å². The molecule has 0 aliphatic rings. The largest absolute Gasteiger partial charge is 0.450 e. The second kappa shape index (κ2) is 6.24. The average Bonchev–Trinajstić information content (AvgIpc) is 2.93. The summed E-state index contributed by atoms with van der Waals surface area (Å²) in [6, 6.07) is 7.35. The highest BCUT2D eigenvalue weighted by molar-refractivity contribution is 6.17. The minimum atomic E-state index is -0.485. The van der Waals surface area contributed by atoms with Gasteiger partial charge in [-0.05, 0) is 36.8 Å². The smallest absolute Gasteiger partial charge is 0.411 e. The summed E-state index contributed by atoms with van der Waals surface area (Å²) in [6.45, 7) is 2.08. The van der Waals surface area contributed by atoms with Crippen LogP contribution in [0.15, 0.2) is 36.7 Å². The number of alkyl halides is 1. The molecule has 100 valence electrons. The summed E-state index contributed by atoms with van der Waals surface area (Å²) in [6.07, 6.45) is 3.05. The fourth-order valence-electron chi connectivity index (χ4n) is 1.65. The van der Waals surface area contributed by atoms with E-state index >= 15 is 0 Å². The zero-order valence-electron chi connectivity index (χ0n) is 10.5. The van der Waals surface area contributed by atoms with Crippen LogP contribution in [0.25, 0.3) is 5.69 Å². The van der Waals surface area contributed by atoms with Crippen LogP contribution >= 0.6 is 11.6 Å². The zero-order chi connectivity index (χ0) is 13.7. The maximum Gasteiger partial charge on any atom is 0.411 e. The van der Waals surface area contributed by atoms with E-state index in [1.54, 1.807) is 23.9 Å². The van der Waals surface area contributed by atoms with E-state index in [0.29, 0.717) is 12.3 Å². The van der Waals surface area contributed by atoms with E-state index < -0.39 is 6.09 Å². The number of hydrogen-bond acceptors (Lipinski definition) is 3. The molecule has 2 rings (SSSR count). The molecule has 19 heavy (non-hydrogen) atoms. The SMILES string of the molecule is CCOC(=O)Nc1ccc(-n2cccn2)cc1CCl. The Hall–Kier alpha value is -2.01. The molecule has 1 amide bonds. The van der Waals surface area contributed by atoms with Gasteiger partial charge in [-0.25, -0.2) is 9.48 Å². The van der Waals surface area contributed by atoms with Gasteiger partial charge in [-0.1, -0.05) is 0 Å². The second-order valence-electron chi connectivity index (χ2n) is 3.77. The summed E-state index contributed by atoms with van der Waals surface area (Å²) in [4.78, 5) is 11.4. The van der Waals surface area contributed by atoms with Gasteiger partial charge in [0.15, 0.2) is 0 Å². The number of nitrogens with one attached hydrogen (secondary N) is 1. The van der Waals surface area contributed by atoms with Gasteiger partial charge in [-0.2, -0.15) is 5.10 Å². The maximum atomic E-state index is 11.4. The molecule has 1 aromatic heterocycles. The van der Waals surface area contributed by atoms with E-state index in [1.807, 2.05) is 24.4 Å². The number of nitrogens with zero attached hydrogens (tertiary/aromatic N) is 2. The van der Waals surface area contributed by atoms with Crippen molar-refractivity contribution in [1.82, 2.24) is 9.78 Å². The lowest BCUT2D eigenvalue weighted by atomic mass is 10.2. The number of carbonyl (C=O) groups excluding carboxylic acids is 1. The molecule has 0 unspecified atom stereocenters. The first-order chi connectivity index (χ1) is 9.24. The lowest BCUT2D eigenvalue weighted by Gasteiger charge is -2.11. The van der Waals surface area contributed by atoms with E-state index in [1.165, 1.54) is 0 Å². The summed E-state index contributed by atoms with van der Waals surface area (Å²) in [5.74, 6) is 0.289. The summed E-state index contributed by atoms with van der Waals surface area (Å²) in [7, 11) is 0. The number of hydrogen-bond donors (Lipinski definition) is 1. The summed E-state index contributed by atoms with van der Waals surface area (Å²) < 4.78 is 6.56. The standard InChI is InChI=1S/C13H14ClN3O2/c1-2-19-13(18)16-12-5-4-11(8-10(12)9-14)17-7-3-6-15-17/h3-8H,2,9H2,1H3,(H,16,18). The van der Waals surface area contributed by atoms with E-state index in [9.17, 15) is 4.79 Å². The van der Waals surface area contributed by atoms with Crippen LogP contribution in [0.4, 0.5) is 10.5 Å². The Morgan fingerprint density at radius 1 is 1.53 bits per heavy atom. The molecular weight excluding hydrogens is 266 g/mol. The molecular formula is C13H14ClN3O2. The number of ether oxygens (including phenoxy) is 1. The quantitative estimate of drug-likeness (QED) is 0.875. The third-order valence-electron chi connectivity index (χ3n) is 2.51. The molecule has 0 saturated heterocycles. The highest BCUT2D eigenvalue weighted by atomic mass is 35.5. The second-order valence-corrected chi connectivity index (χ2v) is 4.04. The van der Waals surface area contributed by atoms with Gasteiger partial charge in [-0.3, -0.25) is 5.32 Å². The normalized spacial score (nSPS) is 10.2. The van der Waals surface area contributed by atoms with Crippen molar-refractivity contribution in [2.75, 3.05) is 11.9 Å². The molecule has 0 atom stereocenters. The number of carbonyl (C=O) groups is 1. The third kappa shape index (κ3) is 3.26. The van der Waals surface area contributed by atoms with Crippen molar-refractivity contribution < 1.29 is 9.53 Å². The van der Waals surface area contributed by atoms with Crippen LogP contribution < -0.4 is 5.32 Å². The Balaban J connectivity index is 2.24. The number of aromatic nitrogens is 2. The monoisotopic (exact) mass is 279 g/mol. The lowest BCUT2D eigenvalue weighted by Crippen LogP contribution is -2.14. The molecule has 2 aromatic rings. The van der Waals surface area contributed by atoms with Crippen LogP contribution in [-0.4, -0.2) is 22.5 Å². The van der Waals surface area contributed by atoms with Crippen molar-refractivity contribution >= 4 is 23.4 Å². The Bertz CT molecular complexity index is 555. The summed E-state index contributed by atoms with van der Waals surface area (Å²) in [5, 5.41) is 6.80. The van der Waals surface area contributed by atoms with Crippen molar-refractivity contribution in [2.45, 2.75) is 12.8 Å². The molecule has 0 aliphatic carbocycles. The van der Waals surface area contributed by atoms with Crippen molar-refractivity contribution in [3.8, 4) is 5.69 Å². The predicted octanol–water partition coefficient (Wildman–Crippen LogP) is 3.18. The molecule has 6 heteroatoms. The fourth-order valence-corrected chi connectivity index (χ4v) is 1.87. The van der Waals surface area contributed by atoms with Gasteiger partial charge in [0.1, 0.15) is 0 Å². The van der Waals surface area contributed by atoms with Gasteiger partial charge in [0.25, 0.3) is 0 Å². The van der Waals surface area contributed by atoms with Gasteiger partial charge in [0.05, 0.1) is 12.3 Å². The summed E-state index contributed by atoms with van der Waals surface area (Å²) in [5.41, 5.74) is 2.34. The van der Waals surface area contributed by atoms with E-state index in [0.717, 1.165) is 11.3 Å². The maximum absolute atomic E-state index is 11.4. The van der Waals surface area contributed by atoms with Gasteiger partial charge in [-0.15, -0.1) is 11.6 Å². The summed E-state index contributed by atoms with van der Waals surface area (Å²) >= 11 is 5.90. The first-order valence-corrected chi connectivity index (χ1v) is 6.40. The zero-order valence-corrected chi connectivity index (χ0v) is 11.2. The minimum absolute atomic E-state index is 0.289. The van der Waals surface area contributed by atoms with E-state index in [4.69, 9.17) is 16.3 Å². The van der Waals surface area contributed by atoms with Crippen LogP contribution in [0.5, 0.6) is 0 Å². The van der Waals surface area contributed by atoms with Crippen LogP contribution in [0.3, 0.4) is 0 Å². The van der Waals surface area contributed by atoms with E-state index in [2.05, 4.69) is 10.4 Å². The van der Waals surface area contributed by atoms with Gasteiger partial charge in [0.2, 0.25) is 0 Å². The molecule has 0 radical (unpaired) electrons. The molecule has 0 aliphatic heterocycles. The molecule has 0 spiro atoms. The van der Waals surface area contributed by atoms with E-state index in [-0.39, 0.29) is 5.88 Å². The number of amides is 1. The first-order valence-electron chi connectivity index (χ1n) is 5.87.